The molecule has 0 aliphatic carbocycles. The van der Waals surface area contributed by atoms with Gasteiger partial charge in [0.05, 0.1) is 5.38 Å². The predicted molar refractivity (Wildman–Crippen MR) is 38.4 cm³/mol. The molecule has 0 atom stereocenters. The molecule has 3 nitrogen and oxygen atoms in total. The van der Waals surface area contributed by atoms with Crippen molar-refractivity contribution in [1.29, 1.82) is 0 Å². The van der Waals surface area contributed by atoms with Gasteiger partial charge in [0, 0.05) is 6.92 Å². The summed E-state index contributed by atoms with van der Waals surface area (Å²) in [5.41, 5.74) is 7.95. The van der Waals surface area contributed by atoms with Crippen LogP contribution in [0.1, 0.15) is 5.69 Å². The quantitative estimate of drug-likeness (QED) is 0.595. The molecule has 0 radical (unpaired) electrons. The van der Waals surface area contributed by atoms with Gasteiger partial charge in [-0.3, -0.25) is 4.79 Å². The molecular weight excluding hydrogens is 148 g/mol. The van der Waals surface area contributed by atoms with Crippen molar-refractivity contribution in [2.45, 2.75) is 13.5 Å². The number of amides is 1. The van der Waals surface area contributed by atoms with E-state index in [4.69, 9.17) is 5.73 Å². The molecule has 0 aliphatic rings. The SMILES string of the molecule is Cc1csc[n+]1CC(N)=O. The molecule has 4 heteroatoms. The maximum atomic E-state index is 10.4. The van der Waals surface area contributed by atoms with Gasteiger partial charge in [-0.1, -0.05) is 11.3 Å². The van der Waals surface area contributed by atoms with E-state index in [1.54, 1.807) is 11.3 Å². The number of aromatic nitrogens is 1. The second-order valence-corrected chi connectivity index (χ2v) is 2.81. The third-order valence-electron chi connectivity index (χ3n) is 1.21. The minimum absolute atomic E-state index is 0.287. The van der Waals surface area contributed by atoms with Crippen molar-refractivity contribution in [2.75, 3.05) is 0 Å². The van der Waals surface area contributed by atoms with Gasteiger partial charge >= 0.3 is 0 Å². The molecule has 0 saturated carbocycles. The number of rotatable bonds is 2. The third kappa shape index (κ3) is 1.54. The number of nitrogens with two attached hydrogens (primary N) is 1. The molecule has 1 rings (SSSR count). The zero-order valence-corrected chi connectivity index (χ0v) is 6.52. The third-order valence-corrected chi connectivity index (χ3v) is 2.06. The first kappa shape index (κ1) is 7.21. The van der Waals surface area contributed by atoms with Crippen LogP contribution in [0.25, 0.3) is 0 Å². The molecule has 2 N–H and O–H groups in total. The fourth-order valence-electron chi connectivity index (χ4n) is 0.683. The van der Waals surface area contributed by atoms with Crippen molar-refractivity contribution < 1.29 is 9.36 Å². The Balaban J connectivity index is 2.74. The first-order chi connectivity index (χ1) is 4.70. The van der Waals surface area contributed by atoms with Crippen molar-refractivity contribution >= 4 is 17.2 Å². The Labute approximate surface area is 63.1 Å². The van der Waals surface area contributed by atoms with E-state index in [0.29, 0.717) is 0 Å². The second kappa shape index (κ2) is 2.79. The van der Waals surface area contributed by atoms with Gasteiger partial charge in [-0.05, 0) is 0 Å². The fourth-order valence-corrected chi connectivity index (χ4v) is 1.46. The summed E-state index contributed by atoms with van der Waals surface area (Å²) in [4.78, 5) is 10.4. The first-order valence-electron chi connectivity index (χ1n) is 2.90. The van der Waals surface area contributed by atoms with Gasteiger partial charge in [0.15, 0.2) is 5.69 Å². The van der Waals surface area contributed by atoms with E-state index >= 15 is 0 Å². The summed E-state index contributed by atoms with van der Waals surface area (Å²) in [7, 11) is 0. The van der Waals surface area contributed by atoms with Crippen molar-refractivity contribution in [1.82, 2.24) is 0 Å². The van der Waals surface area contributed by atoms with E-state index in [1.807, 2.05) is 22.4 Å². The lowest BCUT2D eigenvalue weighted by Gasteiger charge is -1.87. The number of primary amides is 1. The Morgan fingerprint density at radius 2 is 2.60 bits per heavy atom. The van der Waals surface area contributed by atoms with Crippen LogP contribution in [0, 0.1) is 6.92 Å². The number of thiazole rings is 1. The van der Waals surface area contributed by atoms with Crippen LogP contribution in [-0.2, 0) is 11.3 Å². The summed E-state index contributed by atoms with van der Waals surface area (Å²) in [6.45, 7) is 2.23. The van der Waals surface area contributed by atoms with E-state index in [0.717, 1.165) is 5.69 Å². The van der Waals surface area contributed by atoms with Crippen LogP contribution in [0.15, 0.2) is 10.9 Å². The molecule has 0 fully saturated rings. The minimum Gasteiger partial charge on any atom is -0.364 e. The number of hydrogen-bond donors (Lipinski definition) is 1. The molecule has 0 aromatic carbocycles. The number of aryl methyl sites for hydroxylation is 1. The molecule has 0 spiro atoms. The average Bonchev–Trinajstić information content (AvgIpc) is 2.15. The zero-order valence-electron chi connectivity index (χ0n) is 5.70. The Kier molecular flexibility index (Phi) is 2.01. The van der Waals surface area contributed by atoms with Gasteiger partial charge in [-0.2, -0.15) is 4.57 Å². The summed E-state index contributed by atoms with van der Waals surface area (Å²) in [6, 6.07) is 0. The maximum absolute atomic E-state index is 10.4. The maximum Gasteiger partial charge on any atom is 0.283 e. The summed E-state index contributed by atoms with van der Waals surface area (Å²) in [5.74, 6) is -0.300. The monoisotopic (exact) mass is 157 g/mol. The highest BCUT2D eigenvalue weighted by atomic mass is 32.1. The van der Waals surface area contributed by atoms with Gasteiger partial charge in [0.25, 0.3) is 5.91 Å². The molecule has 0 aliphatic heterocycles. The molecule has 1 aromatic rings. The molecule has 0 bridgehead atoms. The smallest absolute Gasteiger partial charge is 0.283 e. The zero-order chi connectivity index (χ0) is 7.56. The van der Waals surface area contributed by atoms with E-state index in [-0.39, 0.29) is 12.5 Å². The van der Waals surface area contributed by atoms with Crippen LogP contribution in [-0.4, -0.2) is 5.91 Å². The summed E-state index contributed by atoms with van der Waals surface area (Å²) >= 11 is 1.56. The topological polar surface area (TPSA) is 47.0 Å². The molecule has 1 aromatic heterocycles. The highest BCUT2D eigenvalue weighted by Crippen LogP contribution is 1.95. The lowest BCUT2D eigenvalue weighted by molar-refractivity contribution is -0.685. The van der Waals surface area contributed by atoms with Crippen molar-refractivity contribution in [2.24, 2.45) is 5.73 Å². The minimum atomic E-state index is -0.300. The van der Waals surface area contributed by atoms with Crippen molar-refractivity contribution in [3.05, 3.63) is 16.6 Å². The standard InChI is InChI=1S/C6H8N2OS/c1-5-3-10-4-8(5)2-6(7)9/h3-4H,2H2,1H3,(H-,7,9)/p+1. The first-order valence-corrected chi connectivity index (χ1v) is 3.85. The lowest BCUT2D eigenvalue weighted by atomic mass is 10.5. The van der Waals surface area contributed by atoms with Crippen LogP contribution in [0.2, 0.25) is 0 Å². The van der Waals surface area contributed by atoms with Crippen molar-refractivity contribution in [3.63, 3.8) is 0 Å². The summed E-state index contributed by atoms with van der Waals surface area (Å²) < 4.78 is 1.83. The molecule has 54 valence electrons. The van der Waals surface area contributed by atoms with E-state index < -0.39 is 0 Å². The van der Waals surface area contributed by atoms with Crippen LogP contribution in [0.4, 0.5) is 0 Å². The Hall–Kier alpha value is -0.900. The number of hydrogen-bond acceptors (Lipinski definition) is 2. The highest BCUT2D eigenvalue weighted by molar-refractivity contribution is 7.07. The summed E-state index contributed by atoms with van der Waals surface area (Å²) in [6.07, 6.45) is 0. The van der Waals surface area contributed by atoms with Crippen LogP contribution >= 0.6 is 11.3 Å². The fraction of sp³-hybridized carbons (Fsp3) is 0.333. The van der Waals surface area contributed by atoms with Gasteiger partial charge in [0.2, 0.25) is 12.1 Å². The molecular formula is C6H9N2OS+. The Morgan fingerprint density at radius 1 is 1.90 bits per heavy atom. The normalized spacial score (nSPS) is 9.70. The van der Waals surface area contributed by atoms with Crippen LogP contribution in [0.3, 0.4) is 0 Å². The molecule has 0 unspecified atom stereocenters. The van der Waals surface area contributed by atoms with E-state index in [1.165, 1.54) is 0 Å². The molecule has 0 saturated heterocycles. The number of carbonyl (C=O) groups excluding carboxylic acids is 1. The number of nitrogens with zero attached hydrogens (tertiary/aromatic N) is 1. The van der Waals surface area contributed by atoms with Gasteiger partial charge in [-0.25, -0.2) is 0 Å². The van der Waals surface area contributed by atoms with E-state index in [9.17, 15) is 4.79 Å². The average molecular weight is 157 g/mol. The molecule has 1 heterocycles. The van der Waals surface area contributed by atoms with E-state index in [2.05, 4.69) is 0 Å². The van der Waals surface area contributed by atoms with Crippen LogP contribution in [0.5, 0.6) is 0 Å². The Bertz CT molecular complexity index is 244. The van der Waals surface area contributed by atoms with Gasteiger partial charge < -0.3 is 5.73 Å². The predicted octanol–water partition coefficient (Wildman–Crippen LogP) is -0.171. The largest absolute Gasteiger partial charge is 0.364 e. The lowest BCUT2D eigenvalue weighted by Crippen LogP contribution is -2.40. The second-order valence-electron chi connectivity index (χ2n) is 2.09. The molecule has 10 heavy (non-hydrogen) atoms. The van der Waals surface area contributed by atoms with Gasteiger partial charge in [0.1, 0.15) is 0 Å². The Morgan fingerprint density at radius 3 is 3.00 bits per heavy atom. The van der Waals surface area contributed by atoms with Gasteiger partial charge in [-0.15, -0.1) is 0 Å². The summed E-state index contributed by atoms with van der Waals surface area (Å²) in [5, 5.41) is 1.98. The molecule has 1 amide bonds. The van der Waals surface area contributed by atoms with Crippen LogP contribution < -0.4 is 10.3 Å². The number of carbonyl (C=O) groups is 1. The van der Waals surface area contributed by atoms with Crippen molar-refractivity contribution in [3.8, 4) is 0 Å². The highest BCUT2D eigenvalue weighted by Gasteiger charge is 2.08.